The fourth-order valence-corrected chi connectivity index (χ4v) is 9.83. The van der Waals surface area contributed by atoms with E-state index in [1.54, 1.807) is 0 Å². The van der Waals surface area contributed by atoms with E-state index in [1.165, 1.54) is 33.1 Å². The molecule has 0 saturated heterocycles. The summed E-state index contributed by atoms with van der Waals surface area (Å²) in [6, 6.07) is 40.8. The normalized spacial score (nSPS) is 13.3. The predicted octanol–water partition coefficient (Wildman–Crippen LogP) is 11.4. The van der Waals surface area contributed by atoms with Crippen molar-refractivity contribution in [2.24, 2.45) is 0 Å². The monoisotopic (exact) mass is 596 g/mol. The lowest BCUT2D eigenvalue weighted by Crippen LogP contribution is -1.84. The summed E-state index contributed by atoms with van der Waals surface area (Å²) in [5.41, 5.74) is 12.5. The van der Waals surface area contributed by atoms with E-state index in [2.05, 4.69) is 127 Å². The fraction of sp³-hybridized carbons (Fsp3) is 0.0732. The van der Waals surface area contributed by atoms with Crippen molar-refractivity contribution >= 4 is 53.2 Å². The molecule has 3 aromatic heterocycles. The summed E-state index contributed by atoms with van der Waals surface area (Å²) in [6.45, 7) is 0. The Kier molecular flexibility index (Phi) is 6.25. The Hall–Kier alpha value is -5.24. The molecular weight excluding hydrogens is 567 g/mol. The van der Waals surface area contributed by atoms with Gasteiger partial charge in [0.2, 0.25) is 0 Å². The van der Waals surface area contributed by atoms with Gasteiger partial charge in [0.05, 0.1) is 33.9 Å². The number of furan rings is 1. The Morgan fingerprint density at radius 1 is 0.511 bits per heavy atom. The summed E-state index contributed by atoms with van der Waals surface area (Å²) in [5.74, 6) is 0. The number of nitrogens with zero attached hydrogens (tertiary/aromatic N) is 2. The average molecular weight is 597 g/mol. The van der Waals surface area contributed by atoms with E-state index in [1.807, 2.05) is 12.1 Å². The molecule has 0 saturated carbocycles. The molecule has 214 valence electrons. The first-order chi connectivity index (χ1) is 22.3. The molecule has 0 N–H and O–H groups in total. The van der Waals surface area contributed by atoms with E-state index in [9.17, 15) is 0 Å². The molecule has 0 amide bonds. The van der Waals surface area contributed by atoms with Gasteiger partial charge in [0.1, 0.15) is 11.2 Å². The van der Waals surface area contributed by atoms with E-state index in [0.717, 1.165) is 69.0 Å². The van der Waals surface area contributed by atoms with E-state index < -0.39 is 7.53 Å². The predicted molar refractivity (Wildman–Crippen MR) is 189 cm³/mol. The zero-order valence-electron chi connectivity index (χ0n) is 24.7. The third-order valence-corrected chi connectivity index (χ3v) is 11.5. The maximum atomic E-state index is 6.75. The van der Waals surface area contributed by atoms with Crippen molar-refractivity contribution in [3.63, 3.8) is 0 Å². The first kappa shape index (κ1) is 26.2. The molecule has 6 aromatic rings. The van der Waals surface area contributed by atoms with Crippen molar-refractivity contribution in [1.29, 1.82) is 0 Å². The molecule has 45 heavy (non-hydrogen) atoms. The molecule has 5 heterocycles. The smallest absolute Gasteiger partial charge is 0.137 e. The highest BCUT2D eigenvalue weighted by molar-refractivity contribution is 7.67. The van der Waals surface area contributed by atoms with Crippen molar-refractivity contribution in [3.05, 3.63) is 149 Å². The maximum absolute atomic E-state index is 6.75. The van der Waals surface area contributed by atoms with Gasteiger partial charge in [0, 0.05) is 10.2 Å². The van der Waals surface area contributed by atoms with Gasteiger partial charge < -0.3 is 4.42 Å². The number of hydrogen-bond donors (Lipinski definition) is 0. The number of aromatic nitrogens is 2. The Balaban J connectivity index is 1.48. The molecule has 0 unspecified atom stereocenters. The van der Waals surface area contributed by atoms with Crippen LogP contribution in [0.3, 0.4) is 0 Å². The van der Waals surface area contributed by atoms with Crippen LogP contribution >= 0.6 is 7.53 Å². The molecule has 3 nitrogen and oxygen atoms in total. The van der Waals surface area contributed by atoms with Crippen molar-refractivity contribution < 1.29 is 4.42 Å². The van der Waals surface area contributed by atoms with Gasteiger partial charge in [-0.15, -0.1) is 0 Å². The van der Waals surface area contributed by atoms with E-state index in [-0.39, 0.29) is 0 Å². The first-order valence-corrected chi connectivity index (χ1v) is 16.9. The molecule has 3 aromatic carbocycles. The largest absolute Gasteiger partial charge is 0.456 e. The summed E-state index contributed by atoms with van der Waals surface area (Å²) in [4.78, 5) is 10.5. The minimum absolute atomic E-state index is 0.735. The van der Waals surface area contributed by atoms with E-state index in [0.29, 0.717) is 0 Å². The summed E-state index contributed by atoms with van der Waals surface area (Å²) < 4.78 is 6.75. The van der Waals surface area contributed by atoms with Crippen molar-refractivity contribution in [2.45, 2.75) is 19.3 Å². The van der Waals surface area contributed by atoms with E-state index >= 15 is 0 Å². The van der Waals surface area contributed by atoms with Gasteiger partial charge in [0.25, 0.3) is 0 Å². The van der Waals surface area contributed by atoms with Crippen LogP contribution in [0.15, 0.2) is 120 Å². The third-order valence-electron chi connectivity index (χ3n) is 8.96. The molecular formula is C41H29N2OP. The van der Waals surface area contributed by atoms with Gasteiger partial charge in [-0.3, -0.25) is 0 Å². The Morgan fingerprint density at radius 3 is 1.47 bits per heavy atom. The van der Waals surface area contributed by atoms with Gasteiger partial charge >= 0.3 is 0 Å². The average Bonchev–Trinajstić information content (AvgIpc) is 3.92. The van der Waals surface area contributed by atoms with Gasteiger partial charge in [-0.05, 0) is 95.4 Å². The Labute approximate surface area is 263 Å². The second-order valence-electron chi connectivity index (χ2n) is 11.7. The van der Waals surface area contributed by atoms with Crippen LogP contribution in [0.1, 0.15) is 40.3 Å². The quantitative estimate of drug-likeness (QED) is 0.204. The number of benzene rings is 3. The van der Waals surface area contributed by atoms with Crippen LogP contribution < -0.4 is 0 Å². The van der Waals surface area contributed by atoms with Gasteiger partial charge in [-0.1, -0.05) is 98.5 Å². The molecule has 2 aliphatic heterocycles. The number of hydrogen-bond acceptors (Lipinski definition) is 3. The van der Waals surface area contributed by atoms with Crippen molar-refractivity contribution in [2.75, 3.05) is 0 Å². The SMILES string of the molecule is C1=Cc2nc1cc1c3c(c(cc4nc(c(-c5ccccc5)c5ccc(o5)c2-c2ccccc2)C=C4)p1-c1ccccc1)CCC3. The molecule has 4 heteroatoms. The standard InChI is InChI=1S/C41H29N2OP/c1-4-11-27(12-5-1)40-34-21-19-29(42-34)25-38-32-17-10-18-33(32)39(45(38)31-15-8-3-9-16-31)26-30-20-22-35(43-30)41(28-13-6-2-7-14-28)37-24-23-36(40)44-37/h1-9,11-16,19-26H,10,17-18H2. The highest BCUT2D eigenvalue weighted by Crippen LogP contribution is 2.56. The molecule has 8 bridgehead atoms. The van der Waals surface area contributed by atoms with E-state index in [4.69, 9.17) is 14.4 Å². The molecule has 0 atom stereocenters. The van der Waals surface area contributed by atoms with Crippen LogP contribution in [0.25, 0.3) is 73.3 Å². The highest BCUT2D eigenvalue weighted by Gasteiger charge is 2.23. The molecule has 0 fully saturated rings. The maximum Gasteiger partial charge on any atom is 0.137 e. The van der Waals surface area contributed by atoms with Crippen molar-refractivity contribution in [3.8, 4) is 27.6 Å². The third kappa shape index (κ3) is 4.51. The van der Waals surface area contributed by atoms with Crippen LogP contribution in [0.4, 0.5) is 0 Å². The lowest BCUT2D eigenvalue weighted by Gasteiger charge is -2.05. The summed E-state index contributed by atoms with van der Waals surface area (Å²) in [7, 11) is -0.735. The molecule has 1 aliphatic carbocycles. The highest BCUT2D eigenvalue weighted by atomic mass is 31.1. The fourth-order valence-electron chi connectivity index (χ4n) is 6.99. The number of aryl methyl sites for hydroxylation is 2. The van der Waals surface area contributed by atoms with Crippen LogP contribution in [-0.4, -0.2) is 9.97 Å². The minimum atomic E-state index is -0.735. The first-order valence-electron chi connectivity index (χ1n) is 15.5. The van der Waals surface area contributed by atoms with Crippen molar-refractivity contribution in [1.82, 2.24) is 9.97 Å². The minimum Gasteiger partial charge on any atom is -0.456 e. The lowest BCUT2D eigenvalue weighted by atomic mass is 10.0. The van der Waals surface area contributed by atoms with Gasteiger partial charge in [0.15, 0.2) is 0 Å². The molecule has 0 radical (unpaired) electrons. The topological polar surface area (TPSA) is 38.9 Å². The summed E-state index contributed by atoms with van der Waals surface area (Å²) in [5, 5.41) is 4.22. The van der Waals surface area contributed by atoms with Crippen LogP contribution in [-0.2, 0) is 12.8 Å². The molecule has 9 rings (SSSR count). The van der Waals surface area contributed by atoms with Gasteiger partial charge in [-0.25, -0.2) is 9.97 Å². The molecule has 3 aliphatic rings. The van der Waals surface area contributed by atoms with Gasteiger partial charge in [-0.2, -0.15) is 0 Å². The second kappa shape index (κ2) is 10.7. The second-order valence-corrected chi connectivity index (χ2v) is 13.8. The zero-order valence-corrected chi connectivity index (χ0v) is 25.5. The Bertz CT molecular complexity index is 2190. The number of fused-ring (bicyclic) bond motifs is 11. The Morgan fingerprint density at radius 2 is 0.978 bits per heavy atom. The summed E-state index contributed by atoms with van der Waals surface area (Å²) >= 11 is 0. The molecule has 0 spiro atoms. The lowest BCUT2D eigenvalue weighted by molar-refractivity contribution is 0.667. The van der Waals surface area contributed by atoms with Crippen LogP contribution in [0, 0.1) is 0 Å². The summed E-state index contributed by atoms with van der Waals surface area (Å²) in [6.07, 6.45) is 12.0. The number of rotatable bonds is 3. The van der Waals surface area contributed by atoms with Crippen LogP contribution in [0.5, 0.6) is 0 Å². The van der Waals surface area contributed by atoms with Crippen LogP contribution in [0.2, 0.25) is 0 Å². The zero-order chi connectivity index (χ0) is 29.7.